The lowest BCUT2D eigenvalue weighted by Crippen LogP contribution is -2.46. The minimum Gasteiger partial charge on any atom is -0.353 e. The molecule has 2 aliphatic rings. The molecule has 1 aliphatic heterocycles. The number of hydrogen-bond acceptors (Lipinski definition) is 5. The molecule has 1 amide bonds. The van der Waals surface area contributed by atoms with Crippen LogP contribution in [0.15, 0.2) is 23.1 Å². The summed E-state index contributed by atoms with van der Waals surface area (Å²) < 4.78 is 1.66. The van der Waals surface area contributed by atoms with Crippen LogP contribution in [0.2, 0.25) is 0 Å². The van der Waals surface area contributed by atoms with Crippen molar-refractivity contribution in [2.24, 2.45) is 5.92 Å². The van der Waals surface area contributed by atoms with Gasteiger partial charge in [0.2, 0.25) is 5.91 Å². The first kappa shape index (κ1) is 16.1. The topological polar surface area (TPSA) is 80.1 Å². The van der Waals surface area contributed by atoms with Gasteiger partial charge in [-0.05, 0) is 44.7 Å². The van der Waals surface area contributed by atoms with Crippen molar-refractivity contribution in [2.75, 3.05) is 18.0 Å². The van der Waals surface area contributed by atoms with Gasteiger partial charge in [-0.25, -0.2) is 9.97 Å². The van der Waals surface area contributed by atoms with Gasteiger partial charge in [-0.15, -0.1) is 0 Å². The largest absolute Gasteiger partial charge is 0.353 e. The van der Waals surface area contributed by atoms with Crippen molar-refractivity contribution >= 4 is 22.9 Å². The molecule has 7 heteroatoms. The van der Waals surface area contributed by atoms with E-state index in [1.807, 2.05) is 24.0 Å². The average molecular weight is 341 g/mol. The van der Waals surface area contributed by atoms with E-state index in [9.17, 15) is 9.59 Å². The Bertz CT molecular complexity index is 858. The molecule has 2 aromatic heterocycles. The molecule has 0 radical (unpaired) electrons. The van der Waals surface area contributed by atoms with Gasteiger partial charge in [0.1, 0.15) is 5.52 Å². The van der Waals surface area contributed by atoms with Gasteiger partial charge in [0.15, 0.2) is 11.5 Å². The third-order valence-electron chi connectivity index (χ3n) is 5.02. The minimum atomic E-state index is -0.128. The standard InChI is InChI=1S/C18H23N5O2/c1-2-23-15-14(6-3-9-19-15)21-16(18(23)25)22-10-4-5-12(11-22)17(24)20-13-7-8-13/h3,6,9,12-13H,2,4-5,7-8,10-11H2,1H3,(H,20,24). The maximum Gasteiger partial charge on any atom is 0.295 e. The number of carbonyl (C=O) groups excluding carboxylic acids is 1. The van der Waals surface area contributed by atoms with E-state index in [-0.39, 0.29) is 17.4 Å². The average Bonchev–Trinajstić information content (AvgIpc) is 3.45. The Balaban J connectivity index is 1.65. The zero-order valence-corrected chi connectivity index (χ0v) is 14.4. The number of fused-ring (bicyclic) bond motifs is 1. The SMILES string of the molecule is CCn1c(=O)c(N2CCCC(C(=O)NC3CC3)C2)nc2cccnc21. The monoisotopic (exact) mass is 341 g/mol. The number of carbonyl (C=O) groups is 1. The lowest BCUT2D eigenvalue weighted by molar-refractivity contribution is -0.125. The van der Waals surface area contributed by atoms with E-state index in [0.29, 0.717) is 36.1 Å². The molecule has 2 fully saturated rings. The second-order valence-electron chi connectivity index (χ2n) is 6.90. The molecule has 3 heterocycles. The van der Waals surface area contributed by atoms with Crippen molar-refractivity contribution in [2.45, 2.75) is 45.2 Å². The number of nitrogens with one attached hydrogen (secondary N) is 1. The molecular formula is C18H23N5O2. The van der Waals surface area contributed by atoms with E-state index in [0.717, 1.165) is 32.2 Å². The third-order valence-corrected chi connectivity index (χ3v) is 5.02. The van der Waals surface area contributed by atoms with E-state index in [4.69, 9.17) is 0 Å². The highest BCUT2D eigenvalue weighted by atomic mass is 16.2. The van der Waals surface area contributed by atoms with Crippen LogP contribution in [-0.2, 0) is 11.3 Å². The fourth-order valence-corrected chi connectivity index (χ4v) is 3.49. The number of amides is 1. The summed E-state index contributed by atoms with van der Waals surface area (Å²) in [5.74, 6) is 0.479. The Morgan fingerprint density at radius 1 is 1.36 bits per heavy atom. The van der Waals surface area contributed by atoms with E-state index in [1.54, 1.807) is 10.8 Å². The van der Waals surface area contributed by atoms with Gasteiger partial charge in [-0.3, -0.25) is 14.2 Å². The van der Waals surface area contributed by atoms with Crippen LogP contribution in [0, 0.1) is 5.92 Å². The second kappa shape index (κ2) is 6.46. The molecule has 1 saturated carbocycles. The Hall–Kier alpha value is -2.44. The van der Waals surface area contributed by atoms with Crippen LogP contribution in [0.4, 0.5) is 5.82 Å². The zero-order chi connectivity index (χ0) is 17.4. The number of anilines is 1. The van der Waals surface area contributed by atoms with Crippen LogP contribution in [0.25, 0.3) is 11.2 Å². The molecule has 1 atom stereocenters. The van der Waals surface area contributed by atoms with Crippen LogP contribution in [0.1, 0.15) is 32.6 Å². The quantitative estimate of drug-likeness (QED) is 0.907. The summed E-state index contributed by atoms with van der Waals surface area (Å²) in [5.41, 5.74) is 1.19. The molecule has 4 rings (SSSR count). The first-order chi connectivity index (χ1) is 12.2. The number of pyridine rings is 1. The van der Waals surface area contributed by atoms with Crippen molar-refractivity contribution in [1.82, 2.24) is 19.9 Å². The smallest absolute Gasteiger partial charge is 0.295 e. The Morgan fingerprint density at radius 2 is 2.20 bits per heavy atom. The van der Waals surface area contributed by atoms with Crippen LogP contribution in [-0.4, -0.2) is 39.6 Å². The molecule has 132 valence electrons. The molecule has 1 unspecified atom stereocenters. The number of nitrogens with zero attached hydrogens (tertiary/aromatic N) is 4. The zero-order valence-electron chi connectivity index (χ0n) is 14.4. The Morgan fingerprint density at radius 3 is 2.96 bits per heavy atom. The number of hydrogen-bond donors (Lipinski definition) is 1. The van der Waals surface area contributed by atoms with Crippen molar-refractivity contribution in [3.8, 4) is 0 Å². The van der Waals surface area contributed by atoms with Crippen molar-refractivity contribution in [3.63, 3.8) is 0 Å². The Kier molecular flexibility index (Phi) is 4.15. The summed E-state index contributed by atoms with van der Waals surface area (Å²) >= 11 is 0. The predicted octanol–water partition coefficient (Wildman–Crippen LogP) is 1.31. The first-order valence-corrected chi connectivity index (χ1v) is 9.08. The van der Waals surface area contributed by atoms with Gasteiger partial charge < -0.3 is 10.2 Å². The van der Waals surface area contributed by atoms with Crippen LogP contribution < -0.4 is 15.8 Å². The summed E-state index contributed by atoms with van der Waals surface area (Å²) in [6.45, 7) is 3.78. The van der Waals surface area contributed by atoms with Crippen LogP contribution >= 0.6 is 0 Å². The van der Waals surface area contributed by atoms with Gasteiger partial charge >= 0.3 is 0 Å². The van der Waals surface area contributed by atoms with E-state index < -0.39 is 0 Å². The van der Waals surface area contributed by atoms with E-state index >= 15 is 0 Å². The maximum absolute atomic E-state index is 12.9. The van der Waals surface area contributed by atoms with Crippen molar-refractivity contribution in [1.29, 1.82) is 0 Å². The predicted molar refractivity (Wildman–Crippen MR) is 95.6 cm³/mol. The van der Waals surface area contributed by atoms with E-state index in [1.165, 1.54) is 0 Å². The lowest BCUT2D eigenvalue weighted by Gasteiger charge is -2.32. The summed E-state index contributed by atoms with van der Waals surface area (Å²) in [4.78, 5) is 36.1. The third kappa shape index (κ3) is 3.10. The fourth-order valence-electron chi connectivity index (χ4n) is 3.49. The number of aryl methyl sites for hydroxylation is 1. The highest BCUT2D eigenvalue weighted by Crippen LogP contribution is 2.24. The molecule has 2 aromatic rings. The van der Waals surface area contributed by atoms with Crippen molar-refractivity contribution in [3.05, 3.63) is 28.7 Å². The highest BCUT2D eigenvalue weighted by Gasteiger charge is 2.31. The van der Waals surface area contributed by atoms with Gasteiger partial charge in [0.05, 0.1) is 5.92 Å². The molecule has 1 N–H and O–H groups in total. The minimum absolute atomic E-state index is 0.0739. The normalized spacial score (nSPS) is 20.7. The molecule has 0 spiro atoms. The highest BCUT2D eigenvalue weighted by molar-refractivity contribution is 5.80. The second-order valence-corrected chi connectivity index (χ2v) is 6.90. The van der Waals surface area contributed by atoms with Crippen molar-refractivity contribution < 1.29 is 4.79 Å². The van der Waals surface area contributed by atoms with Gasteiger partial charge in [0.25, 0.3) is 5.56 Å². The Labute approximate surface area is 146 Å². The van der Waals surface area contributed by atoms with E-state index in [2.05, 4.69) is 15.3 Å². The summed E-state index contributed by atoms with van der Waals surface area (Å²) in [6, 6.07) is 4.06. The number of piperidine rings is 1. The van der Waals surface area contributed by atoms with Crippen LogP contribution in [0.5, 0.6) is 0 Å². The fraction of sp³-hybridized carbons (Fsp3) is 0.556. The lowest BCUT2D eigenvalue weighted by atomic mass is 9.97. The first-order valence-electron chi connectivity index (χ1n) is 9.08. The molecule has 1 aliphatic carbocycles. The summed E-state index contributed by atoms with van der Waals surface area (Å²) in [6.07, 6.45) is 5.60. The van der Waals surface area contributed by atoms with Gasteiger partial charge in [-0.2, -0.15) is 0 Å². The molecule has 25 heavy (non-hydrogen) atoms. The van der Waals surface area contributed by atoms with Gasteiger partial charge in [0, 0.05) is 31.9 Å². The maximum atomic E-state index is 12.9. The summed E-state index contributed by atoms with van der Waals surface area (Å²) in [5, 5.41) is 3.08. The number of rotatable bonds is 4. The molecule has 7 nitrogen and oxygen atoms in total. The van der Waals surface area contributed by atoms with Crippen LogP contribution in [0.3, 0.4) is 0 Å². The van der Waals surface area contributed by atoms with Gasteiger partial charge in [-0.1, -0.05) is 0 Å². The number of aromatic nitrogens is 3. The molecule has 1 saturated heterocycles. The summed E-state index contributed by atoms with van der Waals surface area (Å²) in [7, 11) is 0. The molecular weight excluding hydrogens is 318 g/mol. The molecule has 0 aromatic carbocycles. The molecule has 0 bridgehead atoms.